The first-order valence-corrected chi connectivity index (χ1v) is 6.32. The minimum Gasteiger partial charge on any atom is -0.341 e. The molecule has 6 heteroatoms. The minimum atomic E-state index is -4.80. The van der Waals surface area contributed by atoms with Gasteiger partial charge in [-0.25, -0.2) is 4.39 Å². The largest absolute Gasteiger partial charge is 0.419 e. The Labute approximate surface area is 114 Å². The number of amides is 1. The van der Waals surface area contributed by atoms with E-state index in [1.54, 1.807) is 7.05 Å². The minimum absolute atomic E-state index is 0.144. The summed E-state index contributed by atoms with van der Waals surface area (Å²) < 4.78 is 51.0. The third kappa shape index (κ3) is 3.11. The molecule has 0 N–H and O–H groups in total. The lowest BCUT2D eigenvalue weighted by atomic mass is 10.1. The van der Waals surface area contributed by atoms with Crippen LogP contribution < -0.4 is 0 Å². The molecule has 1 aliphatic carbocycles. The molecule has 20 heavy (non-hydrogen) atoms. The van der Waals surface area contributed by atoms with Crippen molar-refractivity contribution in [2.75, 3.05) is 13.6 Å². The van der Waals surface area contributed by atoms with Gasteiger partial charge in [0.05, 0.1) is 5.56 Å². The van der Waals surface area contributed by atoms with Gasteiger partial charge in [-0.2, -0.15) is 13.2 Å². The van der Waals surface area contributed by atoms with Crippen LogP contribution in [-0.4, -0.2) is 24.4 Å². The molecule has 2 unspecified atom stereocenters. The molecule has 1 aliphatic rings. The number of alkyl halides is 3. The second-order valence-electron chi connectivity index (χ2n) is 5.35. The van der Waals surface area contributed by atoms with Crippen molar-refractivity contribution in [1.29, 1.82) is 0 Å². The Morgan fingerprint density at radius 2 is 2.00 bits per heavy atom. The van der Waals surface area contributed by atoms with E-state index in [0.29, 0.717) is 30.5 Å². The van der Waals surface area contributed by atoms with Gasteiger partial charge < -0.3 is 4.90 Å². The van der Waals surface area contributed by atoms with Gasteiger partial charge in [0.1, 0.15) is 5.82 Å². The SMILES string of the molecule is CC1CC1CN(C)C(=O)c1ccc(F)c(C(F)(F)F)c1. The number of benzene rings is 1. The summed E-state index contributed by atoms with van der Waals surface area (Å²) in [4.78, 5) is 13.4. The molecule has 1 saturated carbocycles. The van der Waals surface area contributed by atoms with Crippen molar-refractivity contribution in [3.05, 3.63) is 35.1 Å². The summed E-state index contributed by atoms with van der Waals surface area (Å²) in [7, 11) is 1.55. The summed E-state index contributed by atoms with van der Waals surface area (Å²) >= 11 is 0. The molecule has 0 radical (unpaired) electrons. The third-order valence-corrected chi connectivity index (χ3v) is 3.65. The van der Waals surface area contributed by atoms with Crippen molar-refractivity contribution >= 4 is 5.91 Å². The van der Waals surface area contributed by atoms with E-state index in [-0.39, 0.29) is 5.56 Å². The Bertz CT molecular complexity index is 526. The van der Waals surface area contributed by atoms with Gasteiger partial charge in [-0.15, -0.1) is 0 Å². The molecular weight excluding hydrogens is 274 g/mol. The second-order valence-corrected chi connectivity index (χ2v) is 5.35. The molecule has 2 rings (SSSR count). The Morgan fingerprint density at radius 1 is 1.40 bits per heavy atom. The molecule has 1 fully saturated rings. The fourth-order valence-electron chi connectivity index (χ4n) is 2.18. The van der Waals surface area contributed by atoms with Gasteiger partial charge in [-0.1, -0.05) is 6.92 Å². The van der Waals surface area contributed by atoms with E-state index in [0.717, 1.165) is 12.5 Å². The lowest BCUT2D eigenvalue weighted by molar-refractivity contribution is -0.140. The molecule has 0 spiro atoms. The molecule has 110 valence electrons. The summed E-state index contributed by atoms with van der Waals surface area (Å²) in [6.07, 6.45) is -3.78. The van der Waals surface area contributed by atoms with Crippen LogP contribution in [0.5, 0.6) is 0 Å². The summed E-state index contributed by atoms with van der Waals surface area (Å²) in [5.74, 6) is -0.933. The highest BCUT2D eigenvalue weighted by Gasteiger charge is 2.36. The molecule has 1 amide bonds. The summed E-state index contributed by atoms with van der Waals surface area (Å²) in [5, 5.41) is 0. The Kier molecular flexibility index (Phi) is 3.75. The predicted octanol–water partition coefficient (Wildman–Crippen LogP) is 3.57. The van der Waals surface area contributed by atoms with E-state index in [9.17, 15) is 22.4 Å². The van der Waals surface area contributed by atoms with E-state index < -0.39 is 23.5 Å². The third-order valence-electron chi connectivity index (χ3n) is 3.65. The monoisotopic (exact) mass is 289 g/mol. The van der Waals surface area contributed by atoms with Crippen LogP contribution in [0.25, 0.3) is 0 Å². The normalized spacial score (nSPS) is 21.7. The van der Waals surface area contributed by atoms with Crippen molar-refractivity contribution in [3.63, 3.8) is 0 Å². The molecule has 1 aromatic rings. The summed E-state index contributed by atoms with van der Waals surface area (Å²) in [6, 6.07) is 2.34. The number of carbonyl (C=O) groups is 1. The molecular formula is C14H15F4NO. The highest BCUT2D eigenvalue weighted by molar-refractivity contribution is 5.94. The molecule has 0 aliphatic heterocycles. The van der Waals surface area contributed by atoms with Crippen LogP contribution in [0.2, 0.25) is 0 Å². The van der Waals surface area contributed by atoms with E-state index >= 15 is 0 Å². The second kappa shape index (κ2) is 5.07. The molecule has 1 aromatic carbocycles. The predicted molar refractivity (Wildman–Crippen MR) is 65.6 cm³/mol. The van der Waals surface area contributed by atoms with Crippen LogP contribution in [0.15, 0.2) is 18.2 Å². The first kappa shape index (κ1) is 14.8. The van der Waals surface area contributed by atoms with Gasteiger partial charge in [0.25, 0.3) is 5.91 Å². The number of hydrogen-bond acceptors (Lipinski definition) is 1. The number of hydrogen-bond donors (Lipinski definition) is 0. The topological polar surface area (TPSA) is 20.3 Å². The average molecular weight is 289 g/mol. The number of nitrogens with zero attached hydrogens (tertiary/aromatic N) is 1. The smallest absolute Gasteiger partial charge is 0.341 e. The highest BCUT2D eigenvalue weighted by atomic mass is 19.4. The number of rotatable bonds is 3. The van der Waals surface area contributed by atoms with Gasteiger partial charge in [0.15, 0.2) is 0 Å². The van der Waals surface area contributed by atoms with Crippen molar-refractivity contribution in [3.8, 4) is 0 Å². The van der Waals surface area contributed by atoms with E-state index in [4.69, 9.17) is 0 Å². The summed E-state index contributed by atoms with van der Waals surface area (Å²) in [5.41, 5.74) is -1.55. The van der Waals surface area contributed by atoms with Crippen LogP contribution in [-0.2, 0) is 6.18 Å². The lowest BCUT2D eigenvalue weighted by Crippen LogP contribution is -2.29. The van der Waals surface area contributed by atoms with Gasteiger partial charge in [0, 0.05) is 19.2 Å². The zero-order valence-corrected chi connectivity index (χ0v) is 11.2. The lowest BCUT2D eigenvalue weighted by Gasteiger charge is -2.18. The zero-order chi connectivity index (χ0) is 15.1. The maximum Gasteiger partial charge on any atom is 0.419 e. The van der Waals surface area contributed by atoms with Crippen LogP contribution in [0, 0.1) is 17.7 Å². The van der Waals surface area contributed by atoms with Crippen molar-refractivity contribution in [1.82, 2.24) is 4.90 Å². The van der Waals surface area contributed by atoms with Crippen LogP contribution in [0.4, 0.5) is 17.6 Å². The number of halogens is 4. The van der Waals surface area contributed by atoms with Gasteiger partial charge in [-0.05, 0) is 36.5 Å². The standard InChI is InChI=1S/C14H15F4NO/c1-8-5-10(8)7-19(2)13(20)9-3-4-12(15)11(6-9)14(16,17)18/h3-4,6,8,10H,5,7H2,1-2H3. The summed E-state index contributed by atoms with van der Waals surface area (Å²) in [6.45, 7) is 2.57. The van der Waals surface area contributed by atoms with Crippen molar-refractivity contribution < 1.29 is 22.4 Å². The highest BCUT2D eigenvalue weighted by Crippen LogP contribution is 2.38. The first-order chi connectivity index (χ1) is 9.20. The molecule has 2 atom stereocenters. The molecule has 0 aromatic heterocycles. The van der Waals surface area contributed by atoms with Crippen molar-refractivity contribution in [2.45, 2.75) is 19.5 Å². The average Bonchev–Trinajstić information content (AvgIpc) is 3.03. The van der Waals surface area contributed by atoms with Crippen LogP contribution in [0.3, 0.4) is 0 Å². The fraction of sp³-hybridized carbons (Fsp3) is 0.500. The molecule has 0 heterocycles. The Balaban J connectivity index is 2.17. The van der Waals surface area contributed by atoms with Gasteiger partial charge in [-0.3, -0.25) is 4.79 Å². The molecule has 0 saturated heterocycles. The van der Waals surface area contributed by atoms with E-state index in [1.807, 2.05) is 0 Å². The zero-order valence-electron chi connectivity index (χ0n) is 11.2. The maximum absolute atomic E-state index is 13.2. The Hall–Kier alpha value is -1.59. The first-order valence-electron chi connectivity index (χ1n) is 6.32. The molecule has 0 bridgehead atoms. The van der Waals surface area contributed by atoms with Crippen LogP contribution >= 0.6 is 0 Å². The maximum atomic E-state index is 13.2. The fourth-order valence-corrected chi connectivity index (χ4v) is 2.18. The number of carbonyl (C=O) groups excluding carboxylic acids is 1. The quantitative estimate of drug-likeness (QED) is 0.779. The van der Waals surface area contributed by atoms with E-state index in [2.05, 4.69) is 6.92 Å². The molecule has 2 nitrogen and oxygen atoms in total. The van der Waals surface area contributed by atoms with Gasteiger partial charge >= 0.3 is 6.18 Å². The van der Waals surface area contributed by atoms with E-state index in [1.165, 1.54) is 4.90 Å². The van der Waals surface area contributed by atoms with Crippen LogP contribution in [0.1, 0.15) is 29.3 Å². The van der Waals surface area contributed by atoms with Gasteiger partial charge in [0.2, 0.25) is 0 Å². The Morgan fingerprint density at radius 3 is 2.50 bits per heavy atom. The van der Waals surface area contributed by atoms with Crippen molar-refractivity contribution in [2.24, 2.45) is 11.8 Å².